The van der Waals surface area contributed by atoms with Crippen molar-refractivity contribution < 1.29 is 0 Å². The molecule has 16 heavy (non-hydrogen) atoms. The Morgan fingerprint density at radius 2 is 1.19 bits per heavy atom. The molecular formula is C12H8N2O2. The SMILES string of the molecule is O=c1ccc2cc3ccc(=O)[nH]c3cc2[nH]1. The molecule has 0 spiro atoms. The van der Waals surface area contributed by atoms with E-state index in [-0.39, 0.29) is 11.1 Å². The quantitative estimate of drug-likeness (QED) is 0.553. The maximum absolute atomic E-state index is 11.2. The Labute approximate surface area is 89.6 Å². The Hall–Kier alpha value is -2.36. The summed E-state index contributed by atoms with van der Waals surface area (Å²) in [5.41, 5.74) is 1.15. The zero-order valence-electron chi connectivity index (χ0n) is 8.28. The molecule has 78 valence electrons. The second kappa shape index (κ2) is 3.06. The van der Waals surface area contributed by atoms with Crippen LogP contribution in [0.4, 0.5) is 0 Å². The summed E-state index contributed by atoms with van der Waals surface area (Å²) >= 11 is 0. The van der Waals surface area contributed by atoms with Crippen LogP contribution in [-0.4, -0.2) is 9.97 Å². The smallest absolute Gasteiger partial charge is 0.248 e. The van der Waals surface area contributed by atoms with Crippen molar-refractivity contribution in [2.75, 3.05) is 0 Å². The Morgan fingerprint density at radius 1 is 0.688 bits per heavy atom. The number of nitrogens with one attached hydrogen (secondary N) is 2. The minimum absolute atomic E-state index is 0.148. The van der Waals surface area contributed by atoms with Crippen LogP contribution in [0.1, 0.15) is 0 Å². The lowest BCUT2D eigenvalue weighted by Crippen LogP contribution is -2.04. The van der Waals surface area contributed by atoms with Crippen LogP contribution in [-0.2, 0) is 0 Å². The molecule has 0 saturated carbocycles. The van der Waals surface area contributed by atoms with E-state index in [1.54, 1.807) is 18.2 Å². The summed E-state index contributed by atoms with van der Waals surface area (Å²) in [4.78, 5) is 27.8. The van der Waals surface area contributed by atoms with E-state index in [1.807, 2.05) is 6.07 Å². The Kier molecular flexibility index (Phi) is 1.71. The van der Waals surface area contributed by atoms with E-state index in [4.69, 9.17) is 0 Å². The zero-order chi connectivity index (χ0) is 11.1. The first kappa shape index (κ1) is 8.91. The summed E-state index contributed by atoms with van der Waals surface area (Å²) in [5, 5.41) is 1.89. The van der Waals surface area contributed by atoms with Crippen LogP contribution < -0.4 is 11.1 Å². The topological polar surface area (TPSA) is 65.7 Å². The van der Waals surface area contributed by atoms with Gasteiger partial charge in [-0.2, -0.15) is 0 Å². The highest BCUT2D eigenvalue weighted by Crippen LogP contribution is 2.17. The molecule has 2 N–H and O–H groups in total. The molecule has 0 aliphatic rings. The predicted molar refractivity (Wildman–Crippen MR) is 62.7 cm³/mol. The lowest BCUT2D eigenvalue weighted by atomic mass is 10.1. The number of hydrogen-bond acceptors (Lipinski definition) is 2. The summed E-state index contributed by atoms with van der Waals surface area (Å²) < 4.78 is 0. The van der Waals surface area contributed by atoms with Crippen molar-refractivity contribution in [2.24, 2.45) is 0 Å². The largest absolute Gasteiger partial charge is 0.322 e. The van der Waals surface area contributed by atoms with Gasteiger partial charge < -0.3 is 9.97 Å². The van der Waals surface area contributed by atoms with Crippen LogP contribution >= 0.6 is 0 Å². The van der Waals surface area contributed by atoms with Gasteiger partial charge in [0.05, 0.1) is 11.0 Å². The fraction of sp³-hybridized carbons (Fsp3) is 0. The molecular weight excluding hydrogens is 204 g/mol. The number of rotatable bonds is 0. The predicted octanol–water partition coefficient (Wildman–Crippen LogP) is 1.37. The van der Waals surface area contributed by atoms with Crippen molar-refractivity contribution in [1.82, 2.24) is 9.97 Å². The first-order chi connectivity index (χ1) is 7.72. The molecule has 0 unspecified atom stereocenters. The highest BCUT2D eigenvalue weighted by Gasteiger charge is 1.99. The van der Waals surface area contributed by atoms with Crippen molar-refractivity contribution in [1.29, 1.82) is 0 Å². The van der Waals surface area contributed by atoms with Crippen LogP contribution in [0.2, 0.25) is 0 Å². The Balaban J connectivity index is 2.53. The third kappa shape index (κ3) is 1.32. The van der Waals surface area contributed by atoms with E-state index in [2.05, 4.69) is 9.97 Å². The summed E-state index contributed by atoms with van der Waals surface area (Å²) in [6.07, 6.45) is 0. The van der Waals surface area contributed by atoms with E-state index in [1.165, 1.54) is 12.1 Å². The number of benzene rings is 1. The maximum atomic E-state index is 11.2. The second-order valence-electron chi connectivity index (χ2n) is 3.67. The molecule has 0 fully saturated rings. The minimum Gasteiger partial charge on any atom is -0.322 e. The number of aromatic amines is 2. The fourth-order valence-corrected chi connectivity index (χ4v) is 1.81. The summed E-state index contributed by atoms with van der Waals surface area (Å²) in [7, 11) is 0. The normalized spacial score (nSPS) is 11.0. The molecule has 0 bridgehead atoms. The number of hydrogen-bond donors (Lipinski definition) is 2. The number of pyridine rings is 2. The van der Waals surface area contributed by atoms with Gasteiger partial charge in [-0.05, 0) is 35.0 Å². The van der Waals surface area contributed by atoms with Crippen LogP contribution in [0, 0.1) is 0 Å². The lowest BCUT2D eigenvalue weighted by molar-refractivity contribution is 1.29. The van der Waals surface area contributed by atoms with E-state index >= 15 is 0 Å². The van der Waals surface area contributed by atoms with Gasteiger partial charge in [0.2, 0.25) is 11.1 Å². The molecule has 0 saturated heterocycles. The maximum Gasteiger partial charge on any atom is 0.248 e. The van der Waals surface area contributed by atoms with E-state index in [9.17, 15) is 9.59 Å². The Bertz CT molecular complexity index is 734. The third-order valence-electron chi connectivity index (χ3n) is 2.57. The molecule has 2 aromatic heterocycles. The standard InChI is InChI=1S/C12H8N2O2/c15-11-3-1-7-5-8-2-4-12(16)14-10(8)6-9(7)13-11/h1-6H,(H,13,15)(H,14,16). The van der Waals surface area contributed by atoms with Crippen molar-refractivity contribution in [3.63, 3.8) is 0 Å². The van der Waals surface area contributed by atoms with Crippen LogP contribution in [0.15, 0.2) is 46.0 Å². The van der Waals surface area contributed by atoms with Gasteiger partial charge >= 0.3 is 0 Å². The van der Waals surface area contributed by atoms with Crippen LogP contribution in [0.3, 0.4) is 0 Å². The number of fused-ring (bicyclic) bond motifs is 2. The van der Waals surface area contributed by atoms with Gasteiger partial charge in [0.15, 0.2) is 0 Å². The van der Waals surface area contributed by atoms with Gasteiger partial charge in [-0.3, -0.25) is 9.59 Å². The number of H-pyrrole nitrogens is 2. The molecule has 0 aliphatic carbocycles. The molecule has 0 radical (unpaired) electrons. The summed E-state index contributed by atoms with van der Waals surface area (Å²) in [6, 6.07) is 10.2. The summed E-state index contributed by atoms with van der Waals surface area (Å²) in [5.74, 6) is 0. The van der Waals surface area contributed by atoms with Gasteiger partial charge in [0, 0.05) is 12.1 Å². The van der Waals surface area contributed by atoms with Crippen LogP contribution in [0.25, 0.3) is 21.8 Å². The summed E-state index contributed by atoms with van der Waals surface area (Å²) in [6.45, 7) is 0. The monoisotopic (exact) mass is 212 g/mol. The number of aromatic nitrogens is 2. The van der Waals surface area contributed by atoms with Gasteiger partial charge in [0.1, 0.15) is 0 Å². The van der Waals surface area contributed by atoms with Crippen molar-refractivity contribution >= 4 is 21.8 Å². The minimum atomic E-state index is -0.148. The first-order valence-corrected chi connectivity index (χ1v) is 4.88. The lowest BCUT2D eigenvalue weighted by Gasteiger charge is -2.00. The van der Waals surface area contributed by atoms with Crippen molar-refractivity contribution in [3.05, 3.63) is 57.1 Å². The van der Waals surface area contributed by atoms with Crippen molar-refractivity contribution in [3.8, 4) is 0 Å². The molecule has 3 rings (SSSR count). The highest BCUT2D eigenvalue weighted by molar-refractivity contribution is 5.94. The van der Waals surface area contributed by atoms with Crippen LogP contribution in [0.5, 0.6) is 0 Å². The van der Waals surface area contributed by atoms with E-state index in [0.29, 0.717) is 0 Å². The van der Waals surface area contributed by atoms with E-state index in [0.717, 1.165) is 21.8 Å². The van der Waals surface area contributed by atoms with Gasteiger partial charge in [-0.25, -0.2) is 0 Å². The average Bonchev–Trinajstić information content (AvgIpc) is 2.26. The first-order valence-electron chi connectivity index (χ1n) is 4.88. The highest BCUT2D eigenvalue weighted by atomic mass is 16.1. The molecule has 0 amide bonds. The second-order valence-corrected chi connectivity index (χ2v) is 3.67. The molecule has 4 nitrogen and oxygen atoms in total. The molecule has 3 aromatic rings. The molecule has 0 atom stereocenters. The molecule has 4 heteroatoms. The van der Waals surface area contributed by atoms with Crippen molar-refractivity contribution in [2.45, 2.75) is 0 Å². The molecule has 2 heterocycles. The average molecular weight is 212 g/mol. The molecule has 1 aromatic carbocycles. The molecule has 0 aliphatic heterocycles. The van der Waals surface area contributed by atoms with Gasteiger partial charge in [-0.15, -0.1) is 0 Å². The van der Waals surface area contributed by atoms with Gasteiger partial charge in [0.25, 0.3) is 0 Å². The van der Waals surface area contributed by atoms with E-state index < -0.39 is 0 Å². The zero-order valence-corrected chi connectivity index (χ0v) is 8.28. The fourth-order valence-electron chi connectivity index (χ4n) is 1.81. The third-order valence-corrected chi connectivity index (χ3v) is 2.57. The Morgan fingerprint density at radius 3 is 1.69 bits per heavy atom. The van der Waals surface area contributed by atoms with Gasteiger partial charge in [-0.1, -0.05) is 0 Å².